The highest BCUT2D eigenvalue weighted by Crippen LogP contribution is 2.29. The van der Waals surface area contributed by atoms with Crippen LogP contribution in [-0.2, 0) is 0 Å². The Morgan fingerprint density at radius 2 is 1.86 bits per heavy atom. The number of alkyl halides is 2. The van der Waals surface area contributed by atoms with Crippen molar-refractivity contribution >= 4 is 16.7 Å². The average molecular weight is 291 g/mol. The van der Waals surface area contributed by atoms with Crippen LogP contribution in [0.4, 0.5) is 8.78 Å². The Labute approximate surface area is 120 Å². The number of halogens is 2. The summed E-state index contributed by atoms with van der Waals surface area (Å²) in [4.78, 5) is 13.8. The number of amides is 1. The van der Waals surface area contributed by atoms with Gasteiger partial charge in [0.1, 0.15) is 5.75 Å². The molecule has 1 saturated heterocycles. The number of hydrogen-bond acceptors (Lipinski definition) is 2. The molecule has 21 heavy (non-hydrogen) atoms. The standard InChI is InChI=1S/C16H15F2NO2/c17-16(18)6-8-19(9-7-16)15(21)12-4-5-13-11(10-12)2-1-3-14(13)20/h1-5,10,20H,6-9H2. The first-order valence-corrected chi connectivity index (χ1v) is 6.85. The van der Waals surface area contributed by atoms with Crippen molar-refractivity contribution in [3.63, 3.8) is 0 Å². The molecule has 1 aliphatic rings. The predicted molar refractivity (Wildman–Crippen MR) is 75.7 cm³/mol. The molecule has 0 aliphatic carbocycles. The number of fused-ring (bicyclic) bond motifs is 1. The zero-order chi connectivity index (χ0) is 15.0. The summed E-state index contributed by atoms with van der Waals surface area (Å²) in [6, 6.07) is 10.1. The first-order chi connectivity index (χ1) is 9.96. The van der Waals surface area contributed by atoms with Gasteiger partial charge in [-0.2, -0.15) is 0 Å². The number of aromatic hydroxyl groups is 1. The van der Waals surface area contributed by atoms with Crippen molar-refractivity contribution < 1.29 is 18.7 Å². The Morgan fingerprint density at radius 3 is 2.57 bits per heavy atom. The van der Waals surface area contributed by atoms with Crippen molar-refractivity contribution in [2.45, 2.75) is 18.8 Å². The van der Waals surface area contributed by atoms with Gasteiger partial charge >= 0.3 is 0 Å². The summed E-state index contributed by atoms with van der Waals surface area (Å²) in [5.41, 5.74) is 0.457. The lowest BCUT2D eigenvalue weighted by molar-refractivity contribution is -0.0494. The number of piperidine rings is 1. The molecule has 5 heteroatoms. The van der Waals surface area contributed by atoms with Gasteiger partial charge in [-0.1, -0.05) is 12.1 Å². The number of carbonyl (C=O) groups is 1. The quantitative estimate of drug-likeness (QED) is 0.874. The fourth-order valence-electron chi connectivity index (χ4n) is 2.62. The van der Waals surface area contributed by atoms with Crippen molar-refractivity contribution in [3.8, 4) is 5.75 Å². The molecule has 2 aromatic carbocycles. The SMILES string of the molecule is O=C(c1ccc2c(O)cccc2c1)N1CCC(F)(F)CC1. The lowest BCUT2D eigenvalue weighted by Crippen LogP contribution is -2.42. The predicted octanol–water partition coefficient (Wildman–Crippen LogP) is 3.42. The summed E-state index contributed by atoms with van der Waals surface area (Å²) >= 11 is 0. The number of carbonyl (C=O) groups excluding carboxylic acids is 1. The van der Waals surface area contributed by atoms with E-state index in [0.717, 1.165) is 5.39 Å². The highest BCUT2D eigenvalue weighted by Gasteiger charge is 2.35. The van der Waals surface area contributed by atoms with E-state index in [1.807, 2.05) is 0 Å². The highest BCUT2D eigenvalue weighted by atomic mass is 19.3. The van der Waals surface area contributed by atoms with E-state index < -0.39 is 5.92 Å². The van der Waals surface area contributed by atoms with E-state index in [4.69, 9.17) is 0 Å². The van der Waals surface area contributed by atoms with E-state index in [0.29, 0.717) is 10.9 Å². The fraction of sp³-hybridized carbons (Fsp3) is 0.312. The van der Waals surface area contributed by atoms with Gasteiger partial charge in [-0.05, 0) is 29.7 Å². The van der Waals surface area contributed by atoms with Gasteiger partial charge in [0.05, 0.1) is 0 Å². The van der Waals surface area contributed by atoms with E-state index in [2.05, 4.69) is 0 Å². The first-order valence-electron chi connectivity index (χ1n) is 6.85. The van der Waals surface area contributed by atoms with Crippen LogP contribution < -0.4 is 0 Å². The zero-order valence-corrected chi connectivity index (χ0v) is 11.4. The Hall–Kier alpha value is -2.17. The van der Waals surface area contributed by atoms with Crippen molar-refractivity contribution in [1.82, 2.24) is 4.90 Å². The van der Waals surface area contributed by atoms with Gasteiger partial charge in [-0.3, -0.25) is 4.79 Å². The molecule has 0 atom stereocenters. The third kappa shape index (κ3) is 2.68. The van der Waals surface area contributed by atoms with Crippen LogP contribution >= 0.6 is 0 Å². The summed E-state index contributed by atoms with van der Waals surface area (Å²) in [7, 11) is 0. The highest BCUT2D eigenvalue weighted by molar-refractivity contribution is 5.99. The van der Waals surface area contributed by atoms with Crippen LogP contribution in [0.2, 0.25) is 0 Å². The number of rotatable bonds is 1. The number of phenolic OH excluding ortho intramolecular Hbond substituents is 1. The molecule has 1 aliphatic heterocycles. The summed E-state index contributed by atoms with van der Waals surface area (Å²) < 4.78 is 26.3. The molecular weight excluding hydrogens is 276 g/mol. The molecule has 3 nitrogen and oxygen atoms in total. The van der Waals surface area contributed by atoms with Crippen LogP contribution in [-0.4, -0.2) is 34.9 Å². The molecule has 0 radical (unpaired) electrons. The minimum Gasteiger partial charge on any atom is -0.507 e. The van der Waals surface area contributed by atoms with Crippen LogP contribution in [0.15, 0.2) is 36.4 Å². The minimum atomic E-state index is -2.66. The van der Waals surface area contributed by atoms with Crippen molar-refractivity contribution in [2.24, 2.45) is 0 Å². The van der Waals surface area contributed by atoms with Gasteiger partial charge in [0, 0.05) is 36.9 Å². The summed E-state index contributed by atoms with van der Waals surface area (Å²) in [5.74, 6) is -2.74. The number of likely N-dealkylation sites (tertiary alicyclic amines) is 1. The lowest BCUT2D eigenvalue weighted by Gasteiger charge is -2.31. The Morgan fingerprint density at radius 1 is 1.14 bits per heavy atom. The number of benzene rings is 2. The van der Waals surface area contributed by atoms with Crippen LogP contribution in [0.3, 0.4) is 0 Å². The monoisotopic (exact) mass is 291 g/mol. The van der Waals surface area contributed by atoms with Crippen LogP contribution in [0.5, 0.6) is 5.75 Å². The second kappa shape index (κ2) is 4.98. The Balaban J connectivity index is 1.85. The molecule has 2 aromatic rings. The normalized spacial score (nSPS) is 17.9. The zero-order valence-electron chi connectivity index (χ0n) is 11.4. The van der Waals surface area contributed by atoms with E-state index in [-0.39, 0.29) is 37.6 Å². The van der Waals surface area contributed by atoms with Gasteiger partial charge in [0.25, 0.3) is 11.8 Å². The van der Waals surface area contributed by atoms with E-state index in [9.17, 15) is 18.7 Å². The smallest absolute Gasteiger partial charge is 0.253 e. The lowest BCUT2D eigenvalue weighted by atomic mass is 10.0. The van der Waals surface area contributed by atoms with E-state index in [1.165, 1.54) is 4.90 Å². The third-order valence-electron chi connectivity index (χ3n) is 3.89. The molecule has 0 unspecified atom stereocenters. The summed E-state index contributed by atoms with van der Waals surface area (Å²) in [5, 5.41) is 11.1. The summed E-state index contributed by atoms with van der Waals surface area (Å²) in [6.45, 7) is 0.147. The molecule has 0 spiro atoms. The van der Waals surface area contributed by atoms with Gasteiger partial charge in [0.15, 0.2) is 0 Å². The van der Waals surface area contributed by atoms with E-state index >= 15 is 0 Å². The van der Waals surface area contributed by atoms with E-state index in [1.54, 1.807) is 36.4 Å². The molecular formula is C16H15F2NO2. The van der Waals surface area contributed by atoms with Gasteiger partial charge in [0.2, 0.25) is 0 Å². The summed E-state index contributed by atoms with van der Waals surface area (Å²) in [6.07, 6.45) is -0.569. The van der Waals surface area contributed by atoms with Crippen molar-refractivity contribution in [1.29, 1.82) is 0 Å². The molecule has 1 amide bonds. The fourth-order valence-corrected chi connectivity index (χ4v) is 2.62. The third-order valence-corrected chi connectivity index (χ3v) is 3.89. The van der Waals surface area contributed by atoms with Crippen LogP contribution in [0.25, 0.3) is 10.8 Å². The molecule has 0 aromatic heterocycles. The first kappa shape index (κ1) is 13.8. The molecule has 110 valence electrons. The minimum absolute atomic E-state index is 0.0733. The van der Waals surface area contributed by atoms with Crippen molar-refractivity contribution in [2.75, 3.05) is 13.1 Å². The molecule has 1 heterocycles. The Kier molecular flexibility index (Phi) is 3.27. The second-order valence-corrected chi connectivity index (χ2v) is 5.36. The maximum absolute atomic E-state index is 13.1. The van der Waals surface area contributed by atoms with Crippen molar-refractivity contribution in [3.05, 3.63) is 42.0 Å². The molecule has 3 rings (SSSR count). The van der Waals surface area contributed by atoms with Gasteiger partial charge in [-0.15, -0.1) is 0 Å². The number of phenols is 1. The van der Waals surface area contributed by atoms with Gasteiger partial charge in [-0.25, -0.2) is 8.78 Å². The average Bonchev–Trinajstić information content (AvgIpc) is 2.46. The number of nitrogens with zero attached hydrogens (tertiary/aromatic N) is 1. The largest absolute Gasteiger partial charge is 0.507 e. The van der Waals surface area contributed by atoms with Crippen LogP contribution in [0.1, 0.15) is 23.2 Å². The molecule has 0 saturated carbocycles. The Bertz CT molecular complexity index is 690. The molecule has 1 N–H and O–H groups in total. The van der Waals surface area contributed by atoms with Gasteiger partial charge < -0.3 is 10.0 Å². The maximum Gasteiger partial charge on any atom is 0.253 e. The maximum atomic E-state index is 13.1. The molecule has 0 bridgehead atoms. The topological polar surface area (TPSA) is 40.5 Å². The molecule has 1 fully saturated rings. The number of hydrogen-bond donors (Lipinski definition) is 1. The second-order valence-electron chi connectivity index (χ2n) is 5.36. The van der Waals surface area contributed by atoms with Crippen LogP contribution in [0, 0.1) is 0 Å².